The van der Waals surface area contributed by atoms with Crippen LogP contribution in [0, 0.1) is 12.1 Å². The molecule has 0 heterocycles. The molecule has 0 atom stereocenters. The smallest absolute Gasteiger partial charge is 0.176 e. The van der Waals surface area contributed by atoms with E-state index in [0.29, 0.717) is 0 Å². The Morgan fingerprint density at radius 1 is 0.619 bits per heavy atom. The second-order valence-corrected chi connectivity index (χ2v) is 3.55. The van der Waals surface area contributed by atoms with Crippen LogP contribution in [0.4, 0.5) is 26.3 Å². The third-order valence-electron chi connectivity index (χ3n) is 2.03. The molecule has 21 heavy (non-hydrogen) atoms. The predicted molar refractivity (Wildman–Crippen MR) is 60.6 cm³/mol. The van der Waals surface area contributed by atoms with Gasteiger partial charge in [-0.05, 0) is 0 Å². The molecule has 7 heteroatoms. The fourth-order valence-electron chi connectivity index (χ4n) is 1.14. The van der Waals surface area contributed by atoms with E-state index in [-0.39, 0.29) is 21.7 Å². The van der Waals surface area contributed by atoms with Crippen LogP contribution >= 0.6 is 0 Å². The third kappa shape index (κ3) is 7.34. The SMILES string of the molecule is FC(F)(F)c1[c-]cccc1.FC(F)(F)c1[c-]cccc1.[Ti+2]. The Bertz CT molecular complexity index is 455. The van der Waals surface area contributed by atoms with E-state index in [9.17, 15) is 26.3 Å². The molecular weight excluding hydrogens is 330 g/mol. The summed E-state index contributed by atoms with van der Waals surface area (Å²) in [4.78, 5) is 0. The van der Waals surface area contributed by atoms with Gasteiger partial charge in [-0.1, -0.05) is 11.1 Å². The molecule has 0 aliphatic rings. The van der Waals surface area contributed by atoms with Crippen LogP contribution in [0.5, 0.6) is 0 Å². The Hall–Kier alpha value is -1.27. The quantitative estimate of drug-likeness (QED) is 0.360. The van der Waals surface area contributed by atoms with E-state index >= 15 is 0 Å². The molecule has 0 aromatic heterocycles. The van der Waals surface area contributed by atoms with Gasteiger partial charge in [-0.2, -0.15) is 87.0 Å². The maximum absolute atomic E-state index is 11.8. The second kappa shape index (κ2) is 8.24. The molecular formula is C14H8F6Ti. The van der Waals surface area contributed by atoms with Gasteiger partial charge in [0, 0.05) is 0 Å². The van der Waals surface area contributed by atoms with Crippen LogP contribution in [0.25, 0.3) is 0 Å². The number of rotatable bonds is 0. The van der Waals surface area contributed by atoms with Crippen molar-refractivity contribution in [3.8, 4) is 0 Å². The van der Waals surface area contributed by atoms with Crippen LogP contribution < -0.4 is 0 Å². The van der Waals surface area contributed by atoms with E-state index in [4.69, 9.17) is 0 Å². The zero-order valence-electron chi connectivity index (χ0n) is 10.4. The van der Waals surface area contributed by atoms with Crippen molar-refractivity contribution in [3.63, 3.8) is 0 Å². The number of halogens is 6. The second-order valence-electron chi connectivity index (χ2n) is 3.55. The number of alkyl halides is 6. The van der Waals surface area contributed by atoms with Crippen LogP contribution in [0.2, 0.25) is 0 Å². The fraction of sp³-hybridized carbons (Fsp3) is 0.143. The van der Waals surface area contributed by atoms with Crippen molar-refractivity contribution >= 4 is 0 Å². The zero-order valence-corrected chi connectivity index (χ0v) is 11.9. The van der Waals surface area contributed by atoms with Crippen molar-refractivity contribution in [2.75, 3.05) is 0 Å². The number of hydrogen-bond donors (Lipinski definition) is 0. The van der Waals surface area contributed by atoms with Crippen LogP contribution in [-0.2, 0) is 34.1 Å². The summed E-state index contributed by atoms with van der Waals surface area (Å²) in [5, 5.41) is 0. The molecule has 2 rings (SSSR count). The molecule has 0 radical (unpaired) electrons. The van der Waals surface area contributed by atoms with Gasteiger partial charge < -0.3 is 0 Å². The molecule has 2 aromatic carbocycles. The van der Waals surface area contributed by atoms with Gasteiger partial charge in [0.05, 0.1) is 0 Å². The van der Waals surface area contributed by atoms with Gasteiger partial charge in [0.15, 0.2) is 0 Å². The molecule has 0 fully saturated rings. The molecule has 2 aromatic rings. The first-order valence-corrected chi connectivity index (χ1v) is 5.29. The maximum Gasteiger partial charge on any atom is 2.00 e. The van der Waals surface area contributed by atoms with Crippen molar-refractivity contribution in [1.82, 2.24) is 0 Å². The first-order valence-electron chi connectivity index (χ1n) is 5.29. The van der Waals surface area contributed by atoms with Crippen molar-refractivity contribution in [2.24, 2.45) is 0 Å². The number of hydrogen-bond acceptors (Lipinski definition) is 0. The Labute approximate surface area is 132 Å². The molecule has 0 bridgehead atoms. The summed E-state index contributed by atoms with van der Waals surface area (Å²) < 4.78 is 70.5. The molecule has 0 nitrogen and oxygen atoms in total. The van der Waals surface area contributed by atoms with Gasteiger partial charge in [-0.3, -0.25) is 0 Å². The first kappa shape index (κ1) is 19.7. The van der Waals surface area contributed by atoms with Crippen molar-refractivity contribution in [1.29, 1.82) is 0 Å². The summed E-state index contributed by atoms with van der Waals surface area (Å²) in [6.07, 6.45) is -8.53. The minimum atomic E-state index is -4.26. The van der Waals surface area contributed by atoms with Gasteiger partial charge in [0.1, 0.15) is 0 Å². The van der Waals surface area contributed by atoms with E-state index in [2.05, 4.69) is 12.1 Å². The van der Waals surface area contributed by atoms with Crippen molar-refractivity contribution in [3.05, 3.63) is 71.8 Å². The number of benzene rings is 2. The van der Waals surface area contributed by atoms with E-state index in [1.165, 1.54) is 36.4 Å². The molecule has 110 valence electrons. The molecule has 0 aliphatic heterocycles. The van der Waals surface area contributed by atoms with Crippen LogP contribution in [0.15, 0.2) is 48.5 Å². The largest absolute Gasteiger partial charge is 2.00 e. The minimum Gasteiger partial charge on any atom is -0.176 e. The molecule has 0 unspecified atom stereocenters. The Morgan fingerprint density at radius 2 is 0.952 bits per heavy atom. The maximum atomic E-state index is 11.8. The van der Waals surface area contributed by atoms with Gasteiger partial charge in [-0.25, -0.2) is 0 Å². The normalized spacial score (nSPS) is 11.0. The summed E-state index contributed by atoms with van der Waals surface area (Å²) in [5.74, 6) is 0. The Kier molecular flexibility index (Phi) is 7.75. The van der Waals surface area contributed by atoms with Gasteiger partial charge in [-0.15, -0.1) is 0 Å². The zero-order chi connectivity index (χ0) is 15.2. The molecule has 0 saturated carbocycles. The van der Waals surface area contributed by atoms with Crippen LogP contribution in [-0.4, -0.2) is 0 Å². The molecule has 0 aliphatic carbocycles. The predicted octanol–water partition coefficient (Wildman–Crippen LogP) is 5.01. The van der Waals surface area contributed by atoms with E-state index in [1.54, 1.807) is 0 Å². The Balaban J connectivity index is 0.000000364. The first-order chi connectivity index (χ1) is 9.21. The summed E-state index contributed by atoms with van der Waals surface area (Å²) in [5.41, 5.74) is -1.45. The molecule has 0 N–H and O–H groups in total. The van der Waals surface area contributed by atoms with Gasteiger partial charge in [0.2, 0.25) is 0 Å². The van der Waals surface area contributed by atoms with Crippen molar-refractivity contribution < 1.29 is 48.1 Å². The summed E-state index contributed by atoms with van der Waals surface area (Å²) >= 11 is 0. The minimum absolute atomic E-state index is 0. The van der Waals surface area contributed by atoms with Gasteiger partial charge in [0.25, 0.3) is 0 Å². The topological polar surface area (TPSA) is 0 Å². The molecule has 0 spiro atoms. The summed E-state index contributed by atoms with van der Waals surface area (Å²) in [6.45, 7) is 0. The third-order valence-corrected chi connectivity index (χ3v) is 2.03. The van der Waals surface area contributed by atoms with Gasteiger partial charge >= 0.3 is 34.1 Å². The van der Waals surface area contributed by atoms with Crippen LogP contribution in [0.3, 0.4) is 0 Å². The fourth-order valence-corrected chi connectivity index (χ4v) is 1.14. The average Bonchev–Trinajstić information content (AvgIpc) is 2.40. The standard InChI is InChI=1S/2C7H4F3.Ti/c2*8-7(9,10)6-4-2-1-3-5-6;/h2*1-4H;/q2*-1;+2. The van der Waals surface area contributed by atoms with E-state index in [0.717, 1.165) is 12.1 Å². The summed E-state index contributed by atoms with van der Waals surface area (Å²) in [7, 11) is 0. The Morgan fingerprint density at radius 3 is 1.10 bits per heavy atom. The molecule has 0 saturated heterocycles. The monoisotopic (exact) mass is 338 g/mol. The van der Waals surface area contributed by atoms with Crippen LogP contribution in [0.1, 0.15) is 11.1 Å². The average molecular weight is 338 g/mol. The van der Waals surface area contributed by atoms with E-state index < -0.39 is 23.5 Å². The summed E-state index contributed by atoms with van der Waals surface area (Å²) in [6, 6.07) is 14.3. The van der Waals surface area contributed by atoms with Crippen molar-refractivity contribution in [2.45, 2.75) is 12.4 Å². The molecule has 0 amide bonds. The van der Waals surface area contributed by atoms with E-state index in [1.807, 2.05) is 0 Å².